The highest BCUT2D eigenvalue weighted by Gasteiger charge is 2.32. The second kappa shape index (κ2) is 6.59. The molecule has 2 amide bonds. The third-order valence-electron chi connectivity index (χ3n) is 3.06. The fourth-order valence-electron chi connectivity index (χ4n) is 2.01. The SMILES string of the molecule is CCN1CC(C(=O)NCCCC(C)O)CC1=O. The smallest absolute Gasteiger partial charge is 0.225 e. The van der Waals surface area contributed by atoms with Crippen LogP contribution in [0.1, 0.15) is 33.1 Å². The van der Waals surface area contributed by atoms with Crippen LogP contribution in [0.5, 0.6) is 0 Å². The first-order valence-corrected chi connectivity index (χ1v) is 6.28. The summed E-state index contributed by atoms with van der Waals surface area (Å²) in [7, 11) is 0. The molecule has 1 aliphatic rings. The predicted molar refractivity (Wildman–Crippen MR) is 64.3 cm³/mol. The van der Waals surface area contributed by atoms with Crippen molar-refractivity contribution in [2.45, 2.75) is 39.2 Å². The van der Waals surface area contributed by atoms with E-state index in [4.69, 9.17) is 5.11 Å². The van der Waals surface area contributed by atoms with E-state index >= 15 is 0 Å². The standard InChI is InChI=1S/C12H22N2O3/c1-3-14-8-10(7-11(14)16)12(17)13-6-4-5-9(2)15/h9-10,15H,3-8H2,1-2H3,(H,13,17). The van der Waals surface area contributed by atoms with Crippen LogP contribution in [0, 0.1) is 5.92 Å². The van der Waals surface area contributed by atoms with Crippen molar-refractivity contribution in [2.75, 3.05) is 19.6 Å². The van der Waals surface area contributed by atoms with Gasteiger partial charge in [0.05, 0.1) is 12.0 Å². The van der Waals surface area contributed by atoms with Crippen LogP contribution >= 0.6 is 0 Å². The number of carbonyl (C=O) groups excluding carboxylic acids is 2. The van der Waals surface area contributed by atoms with Crippen molar-refractivity contribution in [3.8, 4) is 0 Å². The fourth-order valence-corrected chi connectivity index (χ4v) is 2.01. The number of hydrogen-bond acceptors (Lipinski definition) is 3. The van der Waals surface area contributed by atoms with Crippen LogP contribution in [0.15, 0.2) is 0 Å². The third kappa shape index (κ3) is 4.34. The first-order valence-electron chi connectivity index (χ1n) is 6.28. The van der Waals surface area contributed by atoms with E-state index in [1.54, 1.807) is 11.8 Å². The van der Waals surface area contributed by atoms with Crippen LogP contribution in [0.2, 0.25) is 0 Å². The van der Waals surface area contributed by atoms with Gasteiger partial charge in [0.1, 0.15) is 0 Å². The maximum Gasteiger partial charge on any atom is 0.225 e. The average Bonchev–Trinajstić information content (AvgIpc) is 2.65. The van der Waals surface area contributed by atoms with Gasteiger partial charge in [0.15, 0.2) is 0 Å². The van der Waals surface area contributed by atoms with Gasteiger partial charge in [0, 0.05) is 26.1 Å². The molecule has 0 aliphatic carbocycles. The van der Waals surface area contributed by atoms with Gasteiger partial charge in [0.25, 0.3) is 0 Å². The van der Waals surface area contributed by atoms with Crippen molar-refractivity contribution < 1.29 is 14.7 Å². The molecule has 2 N–H and O–H groups in total. The number of aliphatic hydroxyl groups excluding tert-OH is 1. The van der Waals surface area contributed by atoms with E-state index < -0.39 is 0 Å². The summed E-state index contributed by atoms with van der Waals surface area (Å²) in [6, 6.07) is 0. The van der Waals surface area contributed by atoms with E-state index in [2.05, 4.69) is 5.32 Å². The first kappa shape index (κ1) is 14.0. The monoisotopic (exact) mass is 242 g/mol. The Hall–Kier alpha value is -1.10. The molecule has 0 bridgehead atoms. The van der Waals surface area contributed by atoms with Crippen molar-refractivity contribution in [3.05, 3.63) is 0 Å². The lowest BCUT2D eigenvalue weighted by Gasteiger charge is -2.13. The summed E-state index contributed by atoms with van der Waals surface area (Å²) in [4.78, 5) is 24.9. The minimum atomic E-state index is -0.324. The highest BCUT2D eigenvalue weighted by molar-refractivity contribution is 5.89. The molecule has 1 fully saturated rings. The molecular formula is C12H22N2O3. The molecule has 17 heavy (non-hydrogen) atoms. The Balaban J connectivity index is 2.23. The zero-order valence-electron chi connectivity index (χ0n) is 10.6. The van der Waals surface area contributed by atoms with Crippen molar-refractivity contribution in [1.82, 2.24) is 10.2 Å². The van der Waals surface area contributed by atoms with Gasteiger partial charge < -0.3 is 15.3 Å². The van der Waals surface area contributed by atoms with Crippen LogP contribution in [-0.4, -0.2) is 47.6 Å². The van der Waals surface area contributed by atoms with Crippen molar-refractivity contribution in [1.29, 1.82) is 0 Å². The van der Waals surface area contributed by atoms with Crippen LogP contribution in [0.4, 0.5) is 0 Å². The molecule has 1 rings (SSSR count). The molecule has 0 aromatic rings. The number of nitrogens with one attached hydrogen (secondary N) is 1. The maximum atomic E-state index is 11.7. The van der Waals surface area contributed by atoms with Crippen LogP contribution in [-0.2, 0) is 9.59 Å². The van der Waals surface area contributed by atoms with Crippen molar-refractivity contribution >= 4 is 11.8 Å². The second-order valence-electron chi connectivity index (χ2n) is 4.62. The van der Waals surface area contributed by atoms with E-state index in [0.717, 1.165) is 6.42 Å². The number of hydrogen-bond donors (Lipinski definition) is 2. The average molecular weight is 242 g/mol. The lowest BCUT2D eigenvalue weighted by molar-refractivity contribution is -0.128. The van der Waals surface area contributed by atoms with Crippen LogP contribution in [0.3, 0.4) is 0 Å². The number of rotatable bonds is 6. The molecular weight excluding hydrogens is 220 g/mol. The van der Waals surface area contributed by atoms with E-state index in [1.807, 2.05) is 6.92 Å². The van der Waals surface area contributed by atoms with Gasteiger partial charge in [0.2, 0.25) is 11.8 Å². The van der Waals surface area contributed by atoms with Gasteiger partial charge in [-0.05, 0) is 26.7 Å². The predicted octanol–water partition coefficient (Wildman–Crippen LogP) is 0.132. The Morgan fingerprint density at radius 2 is 2.35 bits per heavy atom. The normalized spacial score (nSPS) is 21.7. The Morgan fingerprint density at radius 1 is 1.65 bits per heavy atom. The number of carbonyl (C=O) groups is 2. The molecule has 0 aromatic carbocycles. The largest absolute Gasteiger partial charge is 0.393 e. The van der Waals surface area contributed by atoms with E-state index in [1.165, 1.54) is 0 Å². The highest BCUT2D eigenvalue weighted by Crippen LogP contribution is 2.17. The first-order chi connectivity index (χ1) is 8.04. The minimum Gasteiger partial charge on any atom is -0.393 e. The van der Waals surface area contributed by atoms with E-state index in [0.29, 0.717) is 32.5 Å². The summed E-state index contributed by atoms with van der Waals surface area (Å²) >= 11 is 0. The number of nitrogens with zero attached hydrogens (tertiary/aromatic N) is 1. The van der Waals surface area contributed by atoms with Gasteiger partial charge in [-0.2, -0.15) is 0 Å². The lowest BCUT2D eigenvalue weighted by atomic mass is 10.1. The topological polar surface area (TPSA) is 69.6 Å². The molecule has 5 heteroatoms. The summed E-state index contributed by atoms with van der Waals surface area (Å²) < 4.78 is 0. The molecule has 0 spiro atoms. The quantitative estimate of drug-likeness (QED) is 0.651. The third-order valence-corrected chi connectivity index (χ3v) is 3.06. The van der Waals surface area contributed by atoms with Gasteiger partial charge in [-0.15, -0.1) is 0 Å². The minimum absolute atomic E-state index is 0.0418. The molecule has 98 valence electrons. The Kier molecular flexibility index (Phi) is 5.41. The van der Waals surface area contributed by atoms with Gasteiger partial charge in [-0.1, -0.05) is 0 Å². The fraction of sp³-hybridized carbons (Fsp3) is 0.833. The summed E-state index contributed by atoms with van der Waals surface area (Å²) in [6.07, 6.45) is 1.46. The van der Waals surface area contributed by atoms with E-state index in [-0.39, 0.29) is 23.8 Å². The molecule has 0 saturated carbocycles. The molecule has 2 unspecified atom stereocenters. The Labute approximate surface area is 102 Å². The molecule has 1 aliphatic heterocycles. The highest BCUT2D eigenvalue weighted by atomic mass is 16.3. The molecule has 1 heterocycles. The van der Waals surface area contributed by atoms with Crippen LogP contribution in [0.25, 0.3) is 0 Å². The molecule has 0 radical (unpaired) electrons. The summed E-state index contributed by atoms with van der Waals surface area (Å²) in [5, 5.41) is 11.9. The second-order valence-corrected chi connectivity index (χ2v) is 4.62. The lowest BCUT2D eigenvalue weighted by Crippen LogP contribution is -2.33. The van der Waals surface area contributed by atoms with Gasteiger partial charge in [-0.3, -0.25) is 9.59 Å². The molecule has 0 aromatic heterocycles. The summed E-state index contributed by atoms with van der Waals surface area (Å²) in [5.41, 5.74) is 0. The molecule has 2 atom stereocenters. The van der Waals surface area contributed by atoms with Crippen LogP contribution < -0.4 is 5.32 Å². The number of likely N-dealkylation sites (tertiary alicyclic amines) is 1. The van der Waals surface area contributed by atoms with E-state index in [9.17, 15) is 9.59 Å². The van der Waals surface area contributed by atoms with Crippen molar-refractivity contribution in [3.63, 3.8) is 0 Å². The number of amides is 2. The maximum absolute atomic E-state index is 11.7. The van der Waals surface area contributed by atoms with Gasteiger partial charge >= 0.3 is 0 Å². The number of aliphatic hydroxyl groups is 1. The van der Waals surface area contributed by atoms with Crippen molar-refractivity contribution in [2.24, 2.45) is 5.92 Å². The summed E-state index contributed by atoms with van der Waals surface area (Å²) in [6.45, 7) is 5.43. The van der Waals surface area contributed by atoms with Gasteiger partial charge in [-0.25, -0.2) is 0 Å². The Bertz CT molecular complexity index is 279. The molecule has 5 nitrogen and oxygen atoms in total. The zero-order valence-corrected chi connectivity index (χ0v) is 10.6. The zero-order chi connectivity index (χ0) is 12.8. The molecule has 1 saturated heterocycles. The summed E-state index contributed by atoms with van der Waals surface area (Å²) in [5.74, 6) is -0.175. The Morgan fingerprint density at radius 3 is 2.88 bits per heavy atom.